The highest BCUT2D eigenvalue weighted by atomic mass is 19.1. The van der Waals surface area contributed by atoms with Crippen LogP contribution in [0.4, 0.5) is 4.39 Å². The zero-order valence-electron chi connectivity index (χ0n) is 11.3. The van der Waals surface area contributed by atoms with Gasteiger partial charge in [-0.15, -0.1) is 0 Å². The average Bonchev–Trinajstić information content (AvgIpc) is 3.21. The fourth-order valence-electron chi connectivity index (χ4n) is 2.21. The summed E-state index contributed by atoms with van der Waals surface area (Å²) < 4.78 is 19.0. The lowest BCUT2D eigenvalue weighted by Gasteiger charge is -1.98. The van der Waals surface area contributed by atoms with Crippen molar-refractivity contribution >= 4 is 5.65 Å². The number of aromatic nitrogens is 5. The fraction of sp³-hybridized carbons (Fsp3) is 0.0667. The molecule has 0 radical (unpaired) electrons. The minimum absolute atomic E-state index is 0.0302. The van der Waals surface area contributed by atoms with E-state index in [0.29, 0.717) is 5.82 Å². The molecule has 0 saturated carbocycles. The topological polar surface area (TPSA) is 69.1 Å². The van der Waals surface area contributed by atoms with Crippen molar-refractivity contribution in [2.24, 2.45) is 0 Å². The number of imidazole rings is 1. The monoisotopic (exact) mass is 295 g/mol. The van der Waals surface area contributed by atoms with Crippen LogP contribution in [-0.4, -0.2) is 24.7 Å². The van der Waals surface area contributed by atoms with Gasteiger partial charge in [0.15, 0.2) is 12.3 Å². The normalized spacial score (nSPS) is 11.1. The molecule has 0 amide bonds. The second kappa shape index (κ2) is 5.03. The van der Waals surface area contributed by atoms with Gasteiger partial charge in [-0.05, 0) is 18.2 Å². The van der Waals surface area contributed by atoms with Crippen LogP contribution in [0.5, 0.6) is 0 Å². The Bertz CT molecular complexity index is 913. The lowest BCUT2D eigenvalue weighted by atomic mass is 10.1. The van der Waals surface area contributed by atoms with Crippen molar-refractivity contribution in [1.82, 2.24) is 24.7 Å². The molecular formula is C15H10FN5O. The molecule has 0 spiro atoms. The van der Waals surface area contributed by atoms with Crippen molar-refractivity contribution in [3.63, 3.8) is 0 Å². The van der Waals surface area contributed by atoms with Crippen molar-refractivity contribution in [2.45, 2.75) is 6.67 Å². The summed E-state index contributed by atoms with van der Waals surface area (Å²) in [6.07, 6.45) is 3.55. The molecular weight excluding hydrogens is 285 g/mol. The van der Waals surface area contributed by atoms with Gasteiger partial charge in [0, 0.05) is 17.3 Å². The third kappa shape index (κ3) is 2.12. The van der Waals surface area contributed by atoms with Crippen molar-refractivity contribution in [1.29, 1.82) is 0 Å². The van der Waals surface area contributed by atoms with Gasteiger partial charge in [-0.2, -0.15) is 10.1 Å². The molecule has 0 N–H and O–H groups in total. The van der Waals surface area contributed by atoms with Crippen LogP contribution in [0.25, 0.3) is 28.3 Å². The van der Waals surface area contributed by atoms with Crippen LogP contribution in [0.1, 0.15) is 5.89 Å². The van der Waals surface area contributed by atoms with Crippen molar-refractivity contribution in [3.05, 3.63) is 54.7 Å². The number of hydrogen-bond acceptors (Lipinski definition) is 5. The predicted octanol–water partition coefficient (Wildman–Crippen LogP) is 2.92. The van der Waals surface area contributed by atoms with Gasteiger partial charge in [0.1, 0.15) is 0 Å². The van der Waals surface area contributed by atoms with Gasteiger partial charge < -0.3 is 4.52 Å². The number of benzene rings is 1. The van der Waals surface area contributed by atoms with Crippen LogP contribution in [0.3, 0.4) is 0 Å². The van der Waals surface area contributed by atoms with Crippen LogP contribution in [0.15, 0.2) is 53.3 Å². The Morgan fingerprint density at radius 3 is 2.82 bits per heavy atom. The molecule has 0 aliphatic heterocycles. The fourth-order valence-corrected chi connectivity index (χ4v) is 2.21. The lowest BCUT2D eigenvalue weighted by Crippen LogP contribution is -1.85. The number of hydrogen-bond donors (Lipinski definition) is 0. The maximum Gasteiger partial charge on any atom is 0.258 e. The summed E-state index contributed by atoms with van der Waals surface area (Å²) in [4.78, 5) is 8.50. The highest BCUT2D eigenvalue weighted by molar-refractivity contribution is 5.69. The molecule has 3 heterocycles. The Hall–Kier alpha value is -3.09. The minimum Gasteiger partial charge on any atom is -0.336 e. The van der Waals surface area contributed by atoms with E-state index >= 15 is 0 Å². The Morgan fingerprint density at radius 2 is 2.00 bits per heavy atom. The largest absolute Gasteiger partial charge is 0.336 e. The van der Waals surface area contributed by atoms with E-state index in [9.17, 15) is 4.39 Å². The summed E-state index contributed by atoms with van der Waals surface area (Å²) in [5.74, 6) is 0.328. The van der Waals surface area contributed by atoms with Crippen LogP contribution >= 0.6 is 0 Å². The number of halogens is 1. The first-order valence-electron chi connectivity index (χ1n) is 6.63. The molecule has 0 aliphatic rings. The Kier molecular flexibility index (Phi) is 2.89. The summed E-state index contributed by atoms with van der Waals surface area (Å²) in [7, 11) is 0. The molecule has 6 nitrogen and oxygen atoms in total. The molecule has 0 aliphatic carbocycles. The summed E-state index contributed by atoms with van der Waals surface area (Å²) in [5, 5.41) is 7.97. The van der Waals surface area contributed by atoms with Crippen LogP contribution < -0.4 is 0 Å². The van der Waals surface area contributed by atoms with Crippen molar-refractivity contribution in [2.75, 3.05) is 0 Å². The van der Waals surface area contributed by atoms with Gasteiger partial charge in [-0.25, -0.2) is 13.9 Å². The minimum atomic E-state index is -0.773. The molecule has 0 atom stereocenters. The molecule has 4 rings (SSSR count). The smallest absolute Gasteiger partial charge is 0.258 e. The van der Waals surface area contributed by atoms with Gasteiger partial charge in [-0.1, -0.05) is 23.4 Å². The Morgan fingerprint density at radius 1 is 1.09 bits per heavy atom. The second-order valence-corrected chi connectivity index (χ2v) is 4.68. The van der Waals surface area contributed by atoms with E-state index < -0.39 is 6.67 Å². The Balaban J connectivity index is 1.77. The number of rotatable bonds is 3. The van der Waals surface area contributed by atoms with E-state index in [0.717, 1.165) is 22.5 Å². The number of nitrogens with zero attached hydrogens (tertiary/aromatic N) is 5. The highest BCUT2D eigenvalue weighted by Gasteiger charge is 2.10. The number of alkyl halides is 1. The number of fused-ring (bicyclic) bond motifs is 1. The third-order valence-corrected chi connectivity index (χ3v) is 3.24. The highest BCUT2D eigenvalue weighted by Crippen LogP contribution is 2.24. The molecule has 4 aromatic rings. The Labute approximate surface area is 124 Å². The molecule has 1 aromatic carbocycles. The van der Waals surface area contributed by atoms with Crippen LogP contribution in [-0.2, 0) is 6.67 Å². The van der Waals surface area contributed by atoms with Gasteiger partial charge in [0.25, 0.3) is 5.89 Å². The van der Waals surface area contributed by atoms with Gasteiger partial charge >= 0.3 is 0 Å². The van der Waals surface area contributed by atoms with Crippen molar-refractivity contribution in [3.8, 4) is 22.6 Å². The lowest BCUT2D eigenvalue weighted by molar-refractivity contribution is 0.323. The van der Waals surface area contributed by atoms with E-state index in [1.165, 1.54) is 0 Å². The van der Waals surface area contributed by atoms with Gasteiger partial charge in [0.2, 0.25) is 5.82 Å². The molecule has 3 aromatic heterocycles. The molecule has 22 heavy (non-hydrogen) atoms. The molecule has 0 bridgehead atoms. The van der Waals surface area contributed by atoms with E-state index in [1.807, 2.05) is 42.6 Å². The maximum atomic E-state index is 12.5. The van der Waals surface area contributed by atoms with Gasteiger partial charge in [0.05, 0.1) is 11.9 Å². The van der Waals surface area contributed by atoms with E-state index in [-0.39, 0.29) is 5.89 Å². The summed E-state index contributed by atoms with van der Waals surface area (Å²) >= 11 is 0. The van der Waals surface area contributed by atoms with Crippen LogP contribution in [0.2, 0.25) is 0 Å². The molecule has 0 saturated heterocycles. The zero-order valence-corrected chi connectivity index (χ0v) is 11.3. The first kappa shape index (κ1) is 12.6. The van der Waals surface area contributed by atoms with Gasteiger partial charge in [-0.3, -0.25) is 0 Å². The third-order valence-electron chi connectivity index (χ3n) is 3.24. The van der Waals surface area contributed by atoms with E-state index in [2.05, 4.69) is 20.2 Å². The quantitative estimate of drug-likeness (QED) is 0.581. The molecule has 0 fully saturated rings. The average molecular weight is 295 g/mol. The second-order valence-electron chi connectivity index (χ2n) is 4.68. The summed E-state index contributed by atoms with van der Waals surface area (Å²) in [5.41, 5.74) is 3.19. The van der Waals surface area contributed by atoms with Crippen molar-refractivity contribution < 1.29 is 8.91 Å². The SMILES string of the molecule is FCc1nc(-c2cccc(-c3cn4ncccc4n3)c2)no1. The predicted molar refractivity (Wildman–Crippen MR) is 76.5 cm³/mol. The maximum absolute atomic E-state index is 12.5. The van der Waals surface area contributed by atoms with E-state index in [1.54, 1.807) is 10.7 Å². The summed E-state index contributed by atoms with van der Waals surface area (Å²) in [6.45, 7) is -0.773. The summed E-state index contributed by atoms with van der Waals surface area (Å²) in [6, 6.07) is 11.2. The first-order valence-corrected chi connectivity index (χ1v) is 6.63. The molecule has 0 unspecified atom stereocenters. The molecule has 7 heteroatoms. The standard InChI is InChI=1S/C15H10FN5O/c16-8-14-19-15(20-22-14)11-4-1-3-10(7-11)12-9-21-13(18-12)5-2-6-17-21/h1-7,9H,8H2. The van der Waals surface area contributed by atoms with E-state index in [4.69, 9.17) is 4.52 Å². The van der Waals surface area contributed by atoms with Crippen LogP contribution in [0, 0.1) is 0 Å². The molecule has 108 valence electrons. The zero-order chi connectivity index (χ0) is 14.9. The first-order chi connectivity index (χ1) is 10.8.